The molecule has 0 heterocycles. The third-order valence-electron chi connectivity index (χ3n) is 4.76. The van der Waals surface area contributed by atoms with E-state index in [0.29, 0.717) is 5.75 Å². The molecule has 0 bridgehead atoms. The number of carboxylic acids is 1. The quantitative estimate of drug-likeness (QED) is 0.353. The molecule has 0 aromatic heterocycles. The van der Waals surface area contributed by atoms with Crippen molar-refractivity contribution in [2.45, 2.75) is 58.8 Å². The first kappa shape index (κ1) is 20.0. The van der Waals surface area contributed by atoms with Crippen LogP contribution in [0.2, 0.25) is 0 Å². The van der Waals surface area contributed by atoms with Gasteiger partial charge >= 0.3 is 11.9 Å². The summed E-state index contributed by atoms with van der Waals surface area (Å²) in [6.07, 6.45) is 5.53. The normalized spacial score (nSPS) is 12.1. The second-order valence-corrected chi connectivity index (χ2v) is 6.81. The lowest BCUT2D eigenvalue weighted by Crippen LogP contribution is -2.17. The molecule has 26 heavy (non-hydrogen) atoms. The van der Waals surface area contributed by atoms with Crippen LogP contribution in [0.5, 0.6) is 5.75 Å². The fourth-order valence-electron chi connectivity index (χ4n) is 3.00. The zero-order valence-corrected chi connectivity index (χ0v) is 15.7. The first-order valence-electron chi connectivity index (χ1n) is 9.47. The summed E-state index contributed by atoms with van der Waals surface area (Å²) < 4.78 is 5.69. The largest absolute Gasteiger partial charge is 0.481 e. The lowest BCUT2D eigenvalue weighted by molar-refractivity contribution is -0.138. The van der Waals surface area contributed by atoms with Gasteiger partial charge in [-0.15, -0.1) is 0 Å². The van der Waals surface area contributed by atoms with Crippen LogP contribution >= 0.6 is 0 Å². The minimum atomic E-state index is -0.730. The number of carbonyl (C=O) groups is 2. The van der Waals surface area contributed by atoms with Gasteiger partial charge in [-0.2, -0.15) is 0 Å². The molecule has 2 rings (SSSR count). The molecule has 0 aliphatic carbocycles. The van der Waals surface area contributed by atoms with Gasteiger partial charge in [0.25, 0.3) is 0 Å². The number of aliphatic carboxylic acids is 1. The van der Waals surface area contributed by atoms with Crippen molar-refractivity contribution in [2.75, 3.05) is 0 Å². The van der Waals surface area contributed by atoms with Crippen LogP contribution < -0.4 is 4.74 Å². The van der Waals surface area contributed by atoms with E-state index < -0.39 is 5.97 Å². The Bertz CT molecular complexity index is 746. The van der Waals surface area contributed by atoms with Crippen LogP contribution in [-0.2, 0) is 16.0 Å². The zero-order valence-electron chi connectivity index (χ0n) is 15.7. The molecule has 0 spiro atoms. The van der Waals surface area contributed by atoms with Crippen molar-refractivity contribution in [2.24, 2.45) is 5.92 Å². The van der Waals surface area contributed by atoms with E-state index in [1.165, 1.54) is 5.56 Å². The van der Waals surface area contributed by atoms with Gasteiger partial charge in [0.1, 0.15) is 5.75 Å². The van der Waals surface area contributed by atoms with Crippen LogP contribution in [0, 0.1) is 5.92 Å². The summed E-state index contributed by atoms with van der Waals surface area (Å²) in [4.78, 5) is 22.8. The molecule has 0 fully saturated rings. The number of hydrogen-bond acceptors (Lipinski definition) is 3. The standard InChI is InChI=1S/C22H28O4/c1-3-16(2)22(25)26-19-14-9-13-18-12-8-11-17(21(18)19)10-6-4-5-7-15-20(23)24/h8-9,11-14,16H,3-7,10,15H2,1-2H3,(H,23,24). The van der Waals surface area contributed by atoms with E-state index in [9.17, 15) is 9.59 Å². The predicted molar refractivity (Wildman–Crippen MR) is 103 cm³/mol. The fraction of sp³-hybridized carbons (Fsp3) is 0.455. The number of carboxylic acid groups (broad SMARTS) is 1. The van der Waals surface area contributed by atoms with Crippen molar-refractivity contribution in [3.63, 3.8) is 0 Å². The first-order chi connectivity index (χ1) is 12.5. The molecule has 1 unspecified atom stereocenters. The van der Waals surface area contributed by atoms with Crippen molar-refractivity contribution in [1.29, 1.82) is 0 Å². The molecule has 0 aliphatic heterocycles. The molecule has 1 atom stereocenters. The van der Waals surface area contributed by atoms with Crippen molar-refractivity contribution in [3.8, 4) is 5.75 Å². The Hall–Kier alpha value is -2.36. The molecule has 2 aromatic carbocycles. The van der Waals surface area contributed by atoms with Gasteiger partial charge in [-0.25, -0.2) is 0 Å². The number of esters is 1. The molecule has 0 saturated carbocycles. The molecule has 4 heteroatoms. The highest BCUT2D eigenvalue weighted by atomic mass is 16.5. The van der Waals surface area contributed by atoms with Crippen molar-refractivity contribution in [3.05, 3.63) is 42.0 Å². The van der Waals surface area contributed by atoms with E-state index in [-0.39, 0.29) is 18.3 Å². The minimum Gasteiger partial charge on any atom is -0.481 e. The Kier molecular flexibility index (Phi) is 7.64. The van der Waals surface area contributed by atoms with E-state index in [2.05, 4.69) is 6.07 Å². The second-order valence-electron chi connectivity index (χ2n) is 6.81. The van der Waals surface area contributed by atoms with Gasteiger partial charge < -0.3 is 9.84 Å². The Morgan fingerprint density at radius 1 is 1.04 bits per heavy atom. The smallest absolute Gasteiger partial charge is 0.314 e. The number of aryl methyl sites for hydroxylation is 1. The summed E-state index contributed by atoms with van der Waals surface area (Å²) in [5.74, 6) is -0.406. The van der Waals surface area contributed by atoms with Crippen molar-refractivity contribution < 1.29 is 19.4 Å². The molecule has 2 aromatic rings. The summed E-state index contributed by atoms with van der Waals surface area (Å²) in [7, 11) is 0. The summed E-state index contributed by atoms with van der Waals surface area (Å²) in [6.45, 7) is 3.86. The number of rotatable bonds is 10. The SMILES string of the molecule is CCC(C)C(=O)Oc1cccc2cccc(CCCCCCC(=O)O)c12. The zero-order chi connectivity index (χ0) is 18.9. The van der Waals surface area contributed by atoms with Crippen LogP contribution in [0.4, 0.5) is 0 Å². The second kappa shape index (κ2) is 9.95. The van der Waals surface area contributed by atoms with Gasteiger partial charge in [-0.1, -0.05) is 57.0 Å². The van der Waals surface area contributed by atoms with Gasteiger partial charge in [0.05, 0.1) is 5.92 Å². The van der Waals surface area contributed by atoms with Crippen LogP contribution in [0.15, 0.2) is 36.4 Å². The molecular formula is C22H28O4. The maximum Gasteiger partial charge on any atom is 0.314 e. The van der Waals surface area contributed by atoms with Gasteiger partial charge in [-0.05, 0) is 42.7 Å². The maximum absolute atomic E-state index is 12.2. The molecule has 1 N–H and O–H groups in total. The third-order valence-corrected chi connectivity index (χ3v) is 4.76. The van der Waals surface area contributed by atoms with E-state index in [1.807, 2.05) is 44.2 Å². The topological polar surface area (TPSA) is 63.6 Å². The number of fused-ring (bicyclic) bond motifs is 1. The van der Waals surface area contributed by atoms with E-state index >= 15 is 0 Å². The molecule has 0 saturated heterocycles. The highest BCUT2D eigenvalue weighted by Gasteiger charge is 2.16. The van der Waals surface area contributed by atoms with Gasteiger partial charge in [0, 0.05) is 11.8 Å². The van der Waals surface area contributed by atoms with Crippen LogP contribution in [0.1, 0.15) is 57.9 Å². The Balaban J connectivity index is 2.09. The molecule has 0 amide bonds. The maximum atomic E-state index is 12.2. The van der Waals surface area contributed by atoms with Crippen molar-refractivity contribution >= 4 is 22.7 Å². The van der Waals surface area contributed by atoms with E-state index in [4.69, 9.17) is 9.84 Å². The number of hydrogen-bond donors (Lipinski definition) is 1. The third kappa shape index (κ3) is 5.58. The molecule has 140 valence electrons. The highest BCUT2D eigenvalue weighted by Crippen LogP contribution is 2.31. The molecule has 0 aliphatic rings. The summed E-state index contributed by atoms with van der Waals surface area (Å²) in [6, 6.07) is 12.0. The minimum absolute atomic E-state index is 0.119. The number of carbonyl (C=O) groups excluding carboxylic acids is 1. The average molecular weight is 356 g/mol. The Labute approximate surface area is 155 Å². The number of benzene rings is 2. The van der Waals surface area contributed by atoms with Gasteiger partial charge in [-0.3, -0.25) is 9.59 Å². The lowest BCUT2D eigenvalue weighted by atomic mass is 9.98. The van der Waals surface area contributed by atoms with Crippen LogP contribution in [0.25, 0.3) is 10.8 Å². The summed E-state index contributed by atoms with van der Waals surface area (Å²) in [5, 5.41) is 10.8. The summed E-state index contributed by atoms with van der Waals surface area (Å²) >= 11 is 0. The van der Waals surface area contributed by atoms with E-state index in [0.717, 1.165) is 49.3 Å². The average Bonchev–Trinajstić information content (AvgIpc) is 2.63. The van der Waals surface area contributed by atoms with E-state index in [1.54, 1.807) is 0 Å². The lowest BCUT2D eigenvalue weighted by Gasteiger charge is -2.14. The predicted octanol–water partition coefficient (Wildman–Crippen LogP) is 5.37. The number of unbranched alkanes of at least 4 members (excludes halogenated alkanes) is 3. The van der Waals surface area contributed by atoms with Gasteiger partial charge in [0.15, 0.2) is 0 Å². The monoisotopic (exact) mass is 356 g/mol. The van der Waals surface area contributed by atoms with Crippen molar-refractivity contribution in [1.82, 2.24) is 0 Å². The number of ether oxygens (including phenoxy) is 1. The summed E-state index contributed by atoms with van der Waals surface area (Å²) in [5.41, 5.74) is 1.17. The van der Waals surface area contributed by atoms with Gasteiger partial charge in [0.2, 0.25) is 0 Å². The Morgan fingerprint density at radius 2 is 1.73 bits per heavy atom. The fourth-order valence-corrected chi connectivity index (χ4v) is 3.00. The van der Waals surface area contributed by atoms with Crippen LogP contribution in [-0.4, -0.2) is 17.0 Å². The highest BCUT2D eigenvalue weighted by molar-refractivity contribution is 5.93. The Morgan fingerprint density at radius 3 is 2.42 bits per heavy atom. The molecule has 4 nitrogen and oxygen atoms in total. The molecular weight excluding hydrogens is 328 g/mol. The first-order valence-corrected chi connectivity index (χ1v) is 9.47. The van der Waals surface area contributed by atoms with Crippen LogP contribution in [0.3, 0.4) is 0 Å². The molecule has 0 radical (unpaired) electrons.